The van der Waals surface area contributed by atoms with E-state index in [1.54, 1.807) is 7.11 Å². The van der Waals surface area contributed by atoms with Crippen molar-refractivity contribution in [3.63, 3.8) is 0 Å². The second kappa shape index (κ2) is 4.50. The van der Waals surface area contributed by atoms with Crippen molar-refractivity contribution in [1.82, 2.24) is 0 Å². The van der Waals surface area contributed by atoms with E-state index in [1.807, 2.05) is 18.2 Å². The fourth-order valence-corrected chi connectivity index (χ4v) is 4.23. The molecule has 0 unspecified atom stereocenters. The molecule has 0 aromatic heterocycles. The quantitative estimate of drug-likeness (QED) is 0.551. The summed E-state index contributed by atoms with van der Waals surface area (Å²) in [6.45, 7) is 4.49. The molecule has 2 heteroatoms. The molecule has 1 aliphatic rings. The molecule has 4 rings (SSSR count). The van der Waals surface area contributed by atoms with Gasteiger partial charge in [0.1, 0.15) is 5.75 Å². The lowest BCUT2D eigenvalue weighted by Crippen LogP contribution is -2.24. The molecular formula is C20H17ClO. The minimum absolute atomic E-state index is 0.132. The summed E-state index contributed by atoms with van der Waals surface area (Å²) < 4.78 is 5.66. The third-order valence-corrected chi connectivity index (χ3v) is 5.12. The van der Waals surface area contributed by atoms with E-state index in [4.69, 9.17) is 16.3 Å². The number of ether oxygens (including phenoxy) is 1. The van der Waals surface area contributed by atoms with Gasteiger partial charge < -0.3 is 4.74 Å². The van der Waals surface area contributed by atoms with E-state index in [-0.39, 0.29) is 5.41 Å². The van der Waals surface area contributed by atoms with Crippen molar-refractivity contribution in [1.29, 1.82) is 0 Å². The first-order valence-electron chi connectivity index (χ1n) is 7.45. The van der Waals surface area contributed by atoms with E-state index in [0.29, 0.717) is 0 Å². The van der Waals surface area contributed by atoms with Gasteiger partial charge in [0, 0.05) is 16.0 Å². The van der Waals surface area contributed by atoms with Crippen LogP contribution in [0.4, 0.5) is 0 Å². The molecule has 0 aliphatic heterocycles. The third-order valence-electron chi connectivity index (χ3n) is 4.81. The highest BCUT2D eigenvalue weighted by Crippen LogP contribution is 2.53. The van der Waals surface area contributed by atoms with Crippen LogP contribution in [0.15, 0.2) is 48.5 Å². The molecule has 0 spiro atoms. The van der Waals surface area contributed by atoms with Gasteiger partial charge in [-0.3, -0.25) is 0 Å². The maximum Gasteiger partial charge on any atom is 0.127 e. The lowest BCUT2D eigenvalue weighted by atomic mass is 9.68. The lowest BCUT2D eigenvalue weighted by molar-refractivity contribution is 0.416. The van der Waals surface area contributed by atoms with E-state index in [1.165, 1.54) is 27.5 Å². The van der Waals surface area contributed by atoms with Gasteiger partial charge in [0.15, 0.2) is 0 Å². The normalized spacial score (nSPS) is 14.7. The molecule has 0 saturated carbocycles. The van der Waals surface area contributed by atoms with Gasteiger partial charge in [0.25, 0.3) is 0 Å². The van der Waals surface area contributed by atoms with Crippen LogP contribution >= 0.6 is 11.6 Å². The van der Waals surface area contributed by atoms with E-state index < -0.39 is 0 Å². The Morgan fingerprint density at radius 3 is 2.50 bits per heavy atom. The van der Waals surface area contributed by atoms with Gasteiger partial charge in [-0.05, 0) is 39.6 Å². The second-order valence-electron chi connectivity index (χ2n) is 6.33. The number of hydrogen-bond acceptors (Lipinski definition) is 1. The maximum atomic E-state index is 6.58. The van der Waals surface area contributed by atoms with E-state index in [0.717, 1.165) is 16.3 Å². The summed E-state index contributed by atoms with van der Waals surface area (Å²) in [6, 6.07) is 16.8. The molecule has 0 radical (unpaired) electrons. The highest BCUT2D eigenvalue weighted by Gasteiger charge is 2.36. The zero-order valence-corrected chi connectivity index (χ0v) is 13.7. The van der Waals surface area contributed by atoms with E-state index >= 15 is 0 Å². The molecular weight excluding hydrogens is 292 g/mol. The topological polar surface area (TPSA) is 9.23 Å². The smallest absolute Gasteiger partial charge is 0.127 e. The molecule has 1 aliphatic carbocycles. The Hall–Kier alpha value is -1.99. The van der Waals surface area contributed by atoms with Crippen molar-refractivity contribution in [3.8, 4) is 16.9 Å². The minimum atomic E-state index is -0.132. The summed E-state index contributed by atoms with van der Waals surface area (Å²) in [6.07, 6.45) is 0. The van der Waals surface area contributed by atoms with Crippen molar-refractivity contribution >= 4 is 22.4 Å². The number of methoxy groups -OCH3 is 1. The van der Waals surface area contributed by atoms with Crippen molar-refractivity contribution in [2.24, 2.45) is 0 Å². The fourth-order valence-electron chi connectivity index (χ4n) is 3.82. The van der Waals surface area contributed by atoms with Crippen LogP contribution in [0.5, 0.6) is 5.75 Å². The van der Waals surface area contributed by atoms with Gasteiger partial charge in [-0.2, -0.15) is 0 Å². The Labute approximate surface area is 135 Å². The van der Waals surface area contributed by atoms with Crippen LogP contribution in [0.25, 0.3) is 21.9 Å². The monoisotopic (exact) mass is 308 g/mol. The first-order chi connectivity index (χ1) is 10.6. The van der Waals surface area contributed by atoms with Gasteiger partial charge in [0.05, 0.1) is 7.11 Å². The summed E-state index contributed by atoms with van der Waals surface area (Å²) in [5.41, 5.74) is 4.69. The van der Waals surface area contributed by atoms with E-state index in [9.17, 15) is 0 Å². The Morgan fingerprint density at radius 2 is 1.73 bits per heavy atom. The lowest BCUT2D eigenvalue weighted by Gasteiger charge is -2.36. The van der Waals surface area contributed by atoms with Crippen molar-refractivity contribution < 1.29 is 4.74 Å². The number of benzene rings is 3. The molecule has 0 bridgehead atoms. The van der Waals surface area contributed by atoms with Crippen LogP contribution in [0.2, 0.25) is 5.02 Å². The number of hydrogen-bond donors (Lipinski definition) is 0. The zero-order valence-electron chi connectivity index (χ0n) is 12.9. The molecule has 0 amide bonds. The molecule has 3 aromatic carbocycles. The summed E-state index contributed by atoms with van der Waals surface area (Å²) in [5, 5.41) is 3.34. The number of fused-ring (bicyclic) bond motifs is 2. The number of rotatable bonds is 1. The number of halogens is 1. The molecule has 110 valence electrons. The highest BCUT2D eigenvalue weighted by atomic mass is 35.5. The van der Waals surface area contributed by atoms with Crippen LogP contribution in [-0.2, 0) is 5.41 Å². The van der Waals surface area contributed by atoms with Gasteiger partial charge in [-0.25, -0.2) is 0 Å². The third kappa shape index (κ3) is 1.60. The molecule has 3 aromatic rings. The zero-order chi connectivity index (χ0) is 15.5. The average molecular weight is 309 g/mol. The molecule has 0 atom stereocenters. The van der Waals surface area contributed by atoms with Gasteiger partial charge in [-0.1, -0.05) is 61.8 Å². The highest BCUT2D eigenvalue weighted by molar-refractivity contribution is 6.32. The summed E-state index contributed by atoms with van der Waals surface area (Å²) in [7, 11) is 1.73. The SMILES string of the molecule is COc1ccc2cccc3c2c1-c1cccc(Cl)c1C3(C)C. The predicted molar refractivity (Wildman–Crippen MR) is 93.1 cm³/mol. The molecule has 0 heterocycles. The maximum absolute atomic E-state index is 6.58. The standard InChI is InChI=1S/C20H17ClO/c1-20(2)14-8-4-6-12-10-11-16(22-3)18(17(12)14)13-7-5-9-15(21)19(13)20/h4-11H,1-3H3. The molecule has 0 N–H and O–H groups in total. The largest absolute Gasteiger partial charge is 0.496 e. The summed E-state index contributed by atoms with van der Waals surface area (Å²) >= 11 is 6.58. The molecule has 22 heavy (non-hydrogen) atoms. The van der Waals surface area contributed by atoms with Crippen molar-refractivity contribution in [2.75, 3.05) is 7.11 Å². The van der Waals surface area contributed by atoms with E-state index in [2.05, 4.69) is 44.2 Å². The first-order valence-corrected chi connectivity index (χ1v) is 7.83. The Bertz CT molecular complexity index is 909. The first kappa shape index (κ1) is 13.7. The summed E-state index contributed by atoms with van der Waals surface area (Å²) in [5.74, 6) is 0.902. The van der Waals surface area contributed by atoms with Crippen molar-refractivity contribution in [2.45, 2.75) is 19.3 Å². The predicted octanol–water partition coefficient (Wildman–Crippen LogP) is 5.81. The Kier molecular flexibility index (Phi) is 2.79. The van der Waals surface area contributed by atoms with Crippen LogP contribution in [0, 0.1) is 0 Å². The van der Waals surface area contributed by atoms with Crippen LogP contribution < -0.4 is 4.74 Å². The van der Waals surface area contributed by atoms with Crippen molar-refractivity contribution in [3.05, 3.63) is 64.7 Å². The van der Waals surface area contributed by atoms with Gasteiger partial charge in [-0.15, -0.1) is 0 Å². The molecule has 0 fully saturated rings. The van der Waals surface area contributed by atoms with Crippen LogP contribution in [0.1, 0.15) is 25.0 Å². The van der Waals surface area contributed by atoms with Crippen LogP contribution in [-0.4, -0.2) is 7.11 Å². The Morgan fingerprint density at radius 1 is 0.955 bits per heavy atom. The summed E-state index contributed by atoms with van der Waals surface area (Å²) in [4.78, 5) is 0. The molecule has 1 nitrogen and oxygen atoms in total. The average Bonchev–Trinajstić information content (AvgIpc) is 2.51. The van der Waals surface area contributed by atoms with Gasteiger partial charge in [0.2, 0.25) is 0 Å². The second-order valence-corrected chi connectivity index (χ2v) is 6.74. The Balaban J connectivity index is 2.30. The van der Waals surface area contributed by atoms with Crippen LogP contribution in [0.3, 0.4) is 0 Å². The molecule has 0 saturated heterocycles. The minimum Gasteiger partial charge on any atom is -0.496 e. The van der Waals surface area contributed by atoms with Gasteiger partial charge >= 0.3 is 0 Å². The fraction of sp³-hybridized carbons (Fsp3) is 0.200.